The van der Waals surface area contributed by atoms with Crippen molar-refractivity contribution < 1.29 is 4.39 Å². The summed E-state index contributed by atoms with van der Waals surface area (Å²) in [6, 6.07) is 21.0. The minimum atomic E-state index is -0.413. The molecule has 6 N–H and O–H groups in total. The van der Waals surface area contributed by atoms with Gasteiger partial charge in [0, 0.05) is 29.9 Å². The fraction of sp³-hybridized carbons (Fsp3) is 0.0345. The van der Waals surface area contributed by atoms with E-state index < -0.39 is 5.82 Å². The van der Waals surface area contributed by atoms with Gasteiger partial charge in [-0.25, -0.2) is 24.3 Å². The van der Waals surface area contributed by atoms with Crippen molar-refractivity contribution >= 4 is 23.2 Å². The summed E-state index contributed by atoms with van der Waals surface area (Å²) < 4.78 is 16.6. The molecule has 0 saturated heterocycles. The lowest BCUT2D eigenvalue weighted by molar-refractivity contribution is 0.613. The van der Waals surface area contributed by atoms with E-state index in [9.17, 15) is 5.26 Å². The van der Waals surface area contributed by atoms with Crippen molar-refractivity contribution in [1.82, 2.24) is 29.5 Å². The van der Waals surface area contributed by atoms with Crippen molar-refractivity contribution in [3.63, 3.8) is 0 Å². The molecule has 0 radical (unpaired) electrons. The molecule has 4 heterocycles. The Balaban J connectivity index is 1.57. The topological polar surface area (TPSA) is 171 Å². The van der Waals surface area contributed by atoms with E-state index in [-0.39, 0.29) is 12.4 Å². The molecule has 2 aromatic carbocycles. The number of aromatic nitrogens is 6. The van der Waals surface area contributed by atoms with Gasteiger partial charge in [-0.2, -0.15) is 9.78 Å². The normalized spacial score (nSPS) is 11.0. The van der Waals surface area contributed by atoms with Gasteiger partial charge in [0.2, 0.25) is 5.95 Å². The molecule has 0 bridgehead atoms. The van der Waals surface area contributed by atoms with Crippen molar-refractivity contribution in [2.75, 3.05) is 17.2 Å². The lowest BCUT2D eigenvalue weighted by Crippen LogP contribution is -2.06. The number of nitrogen functional groups attached to an aromatic ring is 3. The minimum Gasteiger partial charge on any atom is -0.384 e. The van der Waals surface area contributed by atoms with Crippen LogP contribution in [0.2, 0.25) is 0 Å². The summed E-state index contributed by atoms with van der Waals surface area (Å²) in [7, 11) is 0. The maximum Gasteiger partial charge on any atom is 0.223 e. The van der Waals surface area contributed by atoms with E-state index in [1.54, 1.807) is 67.0 Å². The molecule has 0 unspecified atom stereocenters. The molecule has 0 fully saturated rings. The number of rotatable bonds is 5. The SMILES string of the molecule is N#Cc1ccccc1-c1nc(N)n2nc(Cc3c(F)cccc3-c3ccnc(N)c3)nc2c1-c1ccnc(N)c1. The zero-order valence-corrected chi connectivity index (χ0v) is 21.0. The van der Waals surface area contributed by atoms with Gasteiger partial charge in [-0.3, -0.25) is 0 Å². The van der Waals surface area contributed by atoms with Gasteiger partial charge in [-0.05, 0) is 53.1 Å². The first-order valence-electron chi connectivity index (χ1n) is 12.2. The first kappa shape index (κ1) is 24.4. The summed E-state index contributed by atoms with van der Waals surface area (Å²) in [5, 5.41) is 14.4. The highest BCUT2D eigenvalue weighted by molar-refractivity contribution is 5.92. The predicted molar refractivity (Wildman–Crippen MR) is 150 cm³/mol. The van der Waals surface area contributed by atoms with Crippen LogP contribution in [0.3, 0.4) is 0 Å². The van der Waals surface area contributed by atoms with Crippen molar-refractivity contribution in [3.05, 3.63) is 102 Å². The third kappa shape index (κ3) is 4.29. The number of nitriles is 1. The first-order chi connectivity index (χ1) is 19.4. The number of nitrogens with two attached hydrogens (primary N) is 3. The number of halogens is 1. The van der Waals surface area contributed by atoms with E-state index in [1.807, 2.05) is 6.07 Å². The molecular formula is C29H21FN10. The number of benzene rings is 2. The molecule has 4 aromatic heterocycles. The number of anilines is 3. The Kier molecular flexibility index (Phi) is 5.97. The van der Waals surface area contributed by atoms with Gasteiger partial charge in [-0.1, -0.05) is 30.3 Å². The van der Waals surface area contributed by atoms with Crippen LogP contribution in [0.1, 0.15) is 17.0 Å². The van der Waals surface area contributed by atoms with Crippen molar-refractivity contribution in [2.45, 2.75) is 6.42 Å². The average molecular weight is 529 g/mol. The minimum absolute atomic E-state index is 0.0536. The van der Waals surface area contributed by atoms with Crippen LogP contribution < -0.4 is 17.2 Å². The van der Waals surface area contributed by atoms with Gasteiger partial charge in [0.25, 0.3) is 0 Å². The van der Waals surface area contributed by atoms with Crippen LogP contribution in [0, 0.1) is 17.1 Å². The van der Waals surface area contributed by atoms with Gasteiger partial charge in [0.05, 0.1) is 22.9 Å². The van der Waals surface area contributed by atoms with Crippen LogP contribution in [0.15, 0.2) is 79.1 Å². The number of fused-ring (bicyclic) bond motifs is 1. The maximum atomic E-state index is 15.2. The van der Waals surface area contributed by atoms with Gasteiger partial charge >= 0.3 is 0 Å². The average Bonchev–Trinajstić information content (AvgIpc) is 3.38. The van der Waals surface area contributed by atoms with Crippen LogP contribution in [0.25, 0.3) is 39.2 Å². The van der Waals surface area contributed by atoms with E-state index in [1.165, 1.54) is 10.6 Å². The Morgan fingerprint density at radius 3 is 2.27 bits per heavy atom. The lowest BCUT2D eigenvalue weighted by atomic mass is 9.97. The van der Waals surface area contributed by atoms with Gasteiger partial charge < -0.3 is 17.2 Å². The van der Waals surface area contributed by atoms with Gasteiger partial charge in [0.1, 0.15) is 17.5 Å². The summed E-state index contributed by atoms with van der Waals surface area (Å²) in [4.78, 5) is 17.6. The molecule has 40 heavy (non-hydrogen) atoms. The molecule has 6 aromatic rings. The van der Waals surface area contributed by atoms with E-state index in [0.29, 0.717) is 62.2 Å². The van der Waals surface area contributed by atoms with Crippen LogP contribution >= 0.6 is 0 Å². The van der Waals surface area contributed by atoms with E-state index in [0.717, 1.165) is 5.56 Å². The zero-order chi connectivity index (χ0) is 27.8. The number of pyridine rings is 2. The third-order valence-corrected chi connectivity index (χ3v) is 6.47. The molecule has 10 nitrogen and oxygen atoms in total. The van der Waals surface area contributed by atoms with E-state index in [4.69, 9.17) is 22.2 Å². The molecular weight excluding hydrogens is 507 g/mol. The van der Waals surface area contributed by atoms with Crippen molar-refractivity contribution in [2.24, 2.45) is 0 Å². The van der Waals surface area contributed by atoms with Gasteiger partial charge in [0.15, 0.2) is 11.5 Å². The molecule has 0 saturated carbocycles. The fourth-order valence-corrected chi connectivity index (χ4v) is 4.71. The highest BCUT2D eigenvalue weighted by Crippen LogP contribution is 2.37. The second-order valence-electron chi connectivity index (χ2n) is 9.00. The Morgan fingerprint density at radius 1 is 0.825 bits per heavy atom. The number of hydrogen-bond acceptors (Lipinski definition) is 9. The van der Waals surface area contributed by atoms with Crippen LogP contribution in [-0.4, -0.2) is 29.5 Å². The highest BCUT2D eigenvalue weighted by atomic mass is 19.1. The maximum absolute atomic E-state index is 15.2. The monoisotopic (exact) mass is 528 g/mol. The van der Waals surface area contributed by atoms with Crippen LogP contribution in [0.5, 0.6) is 0 Å². The molecule has 0 spiro atoms. The quantitative estimate of drug-likeness (QED) is 0.296. The Morgan fingerprint density at radius 2 is 1.52 bits per heavy atom. The molecule has 0 aliphatic rings. The zero-order valence-electron chi connectivity index (χ0n) is 21.0. The lowest BCUT2D eigenvalue weighted by Gasteiger charge is -2.13. The van der Waals surface area contributed by atoms with E-state index >= 15 is 4.39 Å². The molecule has 0 aliphatic carbocycles. The molecule has 0 atom stereocenters. The molecule has 11 heteroatoms. The smallest absolute Gasteiger partial charge is 0.223 e. The third-order valence-electron chi connectivity index (χ3n) is 6.47. The fourth-order valence-electron chi connectivity index (χ4n) is 4.71. The first-order valence-corrected chi connectivity index (χ1v) is 12.2. The predicted octanol–water partition coefficient (Wildman–Crippen LogP) is 4.26. The standard InChI is InChI=1S/C29H21FN10/c30-22-7-3-6-19(16-8-10-35-23(32)12-16)21(22)14-25-37-28-26(17-9-11-36-24(33)13-17)27(38-29(34)40(28)39-25)20-5-2-1-4-18(20)15-31/h1-13H,14H2,(H2,32,35)(H2,33,36)(H2,34,38). The largest absolute Gasteiger partial charge is 0.384 e. The summed E-state index contributed by atoms with van der Waals surface area (Å²) in [5.74, 6) is 0.570. The van der Waals surface area contributed by atoms with Crippen LogP contribution in [0.4, 0.5) is 22.0 Å². The summed E-state index contributed by atoms with van der Waals surface area (Å²) in [5.41, 5.74) is 23.0. The Labute approximate surface area is 227 Å². The molecule has 194 valence electrons. The number of nitrogens with zero attached hydrogens (tertiary/aromatic N) is 7. The van der Waals surface area contributed by atoms with Crippen LogP contribution in [-0.2, 0) is 6.42 Å². The second-order valence-corrected chi connectivity index (χ2v) is 9.00. The van der Waals surface area contributed by atoms with Crippen molar-refractivity contribution in [1.29, 1.82) is 5.26 Å². The Hall–Kier alpha value is -5.89. The molecule has 0 amide bonds. The summed E-state index contributed by atoms with van der Waals surface area (Å²) in [6.45, 7) is 0. The molecule has 0 aliphatic heterocycles. The Bertz CT molecular complexity index is 1960. The highest BCUT2D eigenvalue weighted by Gasteiger charge is 2.23. The van der Waals surface area contributed by atoms with Crippen molar-refractivity contribution in [3.8, 4) is 39.6 Å². The van der Waals surface area contributed by atoms with E-state index in [2.05, 4.69) is 26.1 Å². The second kappa shape index (κ2) is 9.77. The molecule has 6 rings (SSSR count). The summed E-state index contributed by atoms with van der Waals surface area (Å²) >= 11 is 0. The number of hydrogen-bond donors (Lipinski definition) is 3. The van der Waals surface area contributed by atoms with Gasteiger partial charge in [-0.15, -0.1) is 5.10 Å². The summed E-state index contributed by atoms with van der Waals surface area (Å²) in [6.07, 6.45) is 3.20.